The first-order chi connectivity index (χ1) is 13.2. The van der Waals surface area contributed by atoms with Gasteiger partial charge in [0.1, 0.15) is 13.2 Å². The van der Waals surface area contributed by atoms with Crippen LogP contribution >= 0.6 is 0 Å². The van der Waals surface area contributed by atoms with Crippen molar-refractivity contribution in [2.75, 3.05) is 32.8 Å². The second-order valence-corrected chi connectivity index (χ2v) is 7.17. The minimum absolute atomic E-state index is 0.0252. The van der Waals surface area contributed by atoms with Crippen LogP contribution in [0.3, 0.4) is 0 Å². The number of ether oxygens (including phenoxy) is 2. The molecule has 4 rings (SSSR count). The van der Waals surface area contributed by atoms with Gasteiger partial charge in [-0.05, 0) is 48.4 Å². The number of hydrogen-bond acceptors (Lipinski definition) is 4. The van der Waals surface area contributed by atoms with E-state index in [1.165, 1.54) is 5.56 Å². The smallest absolute Gasteiger partial charge is 0.317 e. The maximum Gasteiger partial charge on any atom is 0.317 e. The number of carbonyl (C=O) groups is 1. The van der Waals surface area contributed by atoms with Gasteiger partial charge in [0.15, 0.2) is 11.5 Å². The number of carbonyl (C=O) groups excluding carboxylic acids is 1. The molecule has 2 aliphatic heterocycles. The number of fused-ring (bicyclic) bond motifs is 1. The van der Waals surface area contributed by atoms with Crippen molar-refractivity contribution in [3.63, 3.8) is 0 Å². The highest BCUT2D eigenvalue weighted by Gasteiger charge is 2.24. The molecule has 27 heavy (non-hydrogen) atoms. The Morgan fingerprint density at radius 1 is 1.22 bits per heavy atom. The van der Waals surface area contributed by atoms with E-state index in [9.17, 15) is 4.79 Å². The van der Waals surface area contributed by atoms with Gasteiger partial charge in [-0.25, -0.2) is 4.79 Å². The van der Waals surface area contributed by atoms with Crippen LogP contribution in [0.4, 0.5) is 4.79 Å². The molecule has 2 aromatic rings. The fourth-order valence-corrected chi connectivity index (χ4v) is 3.74. The lowest BCUT2D eigenvalue weighted by molar-refractivity contribution is 0.171. The average molecular weight is 370 g/mol. The molecule has 0 bridgehead atoms. The van der Waals surface area contributed by atoms with Gasteiger partial charge >= 0.3 is 6.03 Å². The van der Waals surface area contributed by atoms with Crippen molar-refractivity contribution in [2.24, 2.45) is 7.05 Å². The highest BCUT2D eigenvalue weighted by molar-refractivity contribution is 5.74. The van der Waals surface area contributed by atoms with Crippen LogP contribution in [0.5, 0.6) is 11.5 Å². The monoisotopic (exact) mass is 370 g/mol. The van der Waals surface area contributed by atoms with Gasteiger partial charge in [-0.3, -0.25) is 4.68 Å². The van der Waals surface area contributed by atoms with E-state index in [2.05, 4.69) is 16.6 Å². The van der Waals surface area contributed by atoms with Crippen molar-refractivity contribution in [3.05, 3.63) is 41.7 Å². The molecule has 7 nitrogen and oxygen atoms in total. The predicted molar refractivity (Wildman–Crippen MR) is 101 cm³/mol. The third-order valence-electron chi connectivity index (χ3n) is 5.27. The average Bonchev–Trinajstić information content (AvgIpc) is 3.14. The Bertz CT molecular complexity index is 796. The van der Waals surface area contributed by atoms with E-state index in [-0.39, 0.29) is 6.03 Å². The van der Waals surface area contributed by atoms with Gasteiger partial charge in [-0.1, -0.05) is 6.07 Å². The van der Waals surface area contributed by atoms with E-state index < -0.39 is 0 Å². The van der Waals surface area contributed by atoms with Crippen molar-refractivity contribution < 1.29 is 14.3 Å². The third kappa shape index (κ3) is 4.18. The van der Waals surface area contributed by atoms with Gasteiger partial charge in [0.05, 0.1) is 6.20 Å². The number of urea groups is 1. The summed E-state index contributed by atoms with van der Waals surface area (Å²) in [6.45, 7) is 3.37. The Balaban J connectivity index is 1.22. The van der Waals surface area contributed by atoms with E-state index in [1.807, 2.05) is 41.0 Å². The van der Waals surface area contributed by atoms with Gasteiger partial charge in [-0.15, -0.1) is 0 Å². The Kier molecular flexibility index (Phi) is 5.18. The Labute approximate surface area is 159 Å². The summed E-state index contributed by atoms with van der Waals surface area (Å²) in [5, 5.41) is 7.29. The molecule has 144 valence electrons. The van der Waals surface area contributed by atoms with E-state index in [1.54, 1.807) is 0 Å². The second-order valence-electron chi connectivity index (χ2n) is 7.17. The molecule has 7 heteroatoms. The maximum atomic E-state index is 12.4. The van der Waals surface area contributed by atoms with Crippen LogP contribution in [0.15, 0.2) is 30.6 Å². The summed E-state index contributed by atoms with van der Waals surface area (Å²) in [5.41, 5.74) is 2.41. The van der Waals surface area contributed by atoms with Crippen molar-refractivity contribution >= 4 is 6.03 Å². The molecule has 1 saturated heterocycles. The molecule has 0 aliphatic carbocycles. The quantitative estimate of drug-likeness (QED) is 0.897. The zero-order valence-corrected chi connectivity index (χ0v) is 15.7. The number of nitrogens with zero attached hydrogens (tertiary/aromatic N) is 3. The first-order valence-corrected chi connectivity index (χ1v) is 9.59. The van der Waals surface area contributed by atoms with Gasteiger partial charge in [-0.2, -0.15) is 5.10 Å². The molecule has 2 aliphatic rings. The highest BCUT2D eigenvalue weighted by atomic mass is 16.6. The van der Waals surface area contributed by atoms with E-state index >= 15 is 0 Å². The number of aromatic nitrogens is 2. The molecule has 1 fully saturated rings. The fourth-order valence-electron chi connectivity index (χ4n) is 3.74. The minimum Gasteiger partial charge on any atom is -0.486 e. The summed E-state index contributed by atoms with van der Waals surface area (Å²) < 4.78 is 13.0. The first-order valence-electron chi connectivity index (χ1n) is 9.59. The summed E-state index contributed by atoms with van der Waals surface area (Å²) in [4.78, 5) is 14.3. The van der Waals surface area contributed by atoms with Crippen LogP contribution in [0.2, 0.25) is 0 Å². The topological polar surface area (TPSA) is 68.6 Å². The molecule has 0 saturated carbocycles. The number of amides is 2. The molecule has 0 spiro atoms. The molecule has 2 amide bonds. The lowest BCUT2D eigenvalue weighted by atomic mass is 9.92. The molecular weight excluding hydrogens is 344 g/mol. The number of nitrogens with one attached hydrogen (secondary N) is 1. The van der Waals surface area contributed by atoms with Gasteiger partial charge in [0.2, 0.25) is 0 Å². The SMILES string of the molecule is Cn1cc(C2CCN(C(=O)NCCc3ccc4c(c3)OCCO4)CC2)cn1. The summed E-state index contributed by atoms with van der Waals surface area (Å²) in [6, 6.07) is 5.99. The fraction of sp³-hybridized carbons (Fsp3) is 0.500. The summed E-state index contributed by atoms with van der Waals surface area (Å²) >= 11 is 0. The van der Waals surface area contributed by atoms with Crippen molar-refractivity contribution in [1.82, 2.24) is 20.0 Å². The van der Waals surface area contributed by atoms with Gasteiger partial charge < -0.3 is 19.7 Å². The lowest BCUT2D eigenvalue weighted by Crippen LogP contribution is -2.44. The van der Waals surface area contributed by atoms with E-state index in [0.717, 1.165) is 49.4 Å². The van der Waals surface area contributed by atoms with Crippen molar-refractivity contribution in [3.8, 4) is 11.5 Å². The van der Waals surface area contributed by atoms with Gasteiger partial charge in [0, 0.05) is 32.9 Å². The van der Waals surface area contributed by atoms with Crippen LogP contribution < -0.4 is 14.8 Å². The molecule has 0 unspecified atom stereocenters. The van der Waals surface area contributed by atoms with Gasteiger partial charge in [0.25, 0.3) is 0 Å². The Morgan fingerprint density at radius 2 is 2.00 bits per heavy atom. The Morgan fingerprint density at radius 3 is 2.74 bits per heavy atom. The molecule has 0 atom stereocenters. The molecule has 1 aromatic heterocycles. The molecule has 3 heterocycles. The van der Waals surface area contributed by atoms with Crippen LogP contribution in [0, 0.1) is 0 Å². The Hall–Kier alpha value is -2.70. The number of hydrogen-bond donors (Lipinski definition) is 1. The van der Waals surface area contributed by atoms with Crippen LogP contribution in [-0.4, -0.2) is 53.6 Å². The predicted octanol–water partition coefficient (Wildman–Crippen LogP) is 2.32. The van der Waals surface area contributed by atoms with Crippen molar-refractivity contribution in [1.29, 1.82) is 0 Å². The van der Waals surface area contributed by atoms with E-state index in [4.69, 9.17) is 9.47 Å². The summed E-state index contributed by atoms with van der Waals surface area (Å²) in [5.74, 6) is 2.09. The van der Waals surface area contributed by atoms with Crippen LogP contribution in [0.1, 0.15) is 29.9 Å². The molecule has 0 radical (unpaired) electrons. The summed E-state index contributed by atoms with van der Waals surface area (Å²) in [7, 11) is 1.94. The highest BCUT2D eigenvalue weighted by Crippen LogP contribution is 2.31. The first kappa shape index (κ1) is 17.7. The third-order valence-corrected chi connectivity index (χ3v) is 5.27. The standard InChI is InChI=1S/C20H26N4O3/c1-23-14-17(13-22-23)16-5-8-24(9-6-16)20(25)21-7-4-15-2-3-18-19(12-15)27-11-10-26-18/h2-3,12-14,16H,4-11H2,1H3,(H,21,25). The number of likely N-dealkylation sites (tertiary alicyclic amines) is 1. The van der Waals surface area contributed by atoms with Crippen LogP contribution in [-0.2, 0) is 13.5 Å². The number of aryl methyl sites for hydroxylation is 1. The summed E-state index contributed by atoms with van der Waals surface area (Å²) in [6.07, 6.45) is 6.76. The zero-order valence-electron chi connectivity index (χ0n) is 15.7. The number of rotatable bonds is 4. The number of piperidine rings is 1. The van der Waals surface area contributed by atoms with Crippen LogP contribution in [0.25, 0.3) is 0 Å². The number of benzene rings is 1. The normalized spacial score (nSPS) is 17.0. The lowest BCUT2D eigenvalue weighted by Gasteiger charge is -2.31. The minimum atomic E-state index is 0.0252. The largest absolute Gasteiger partial charge is 0.486 e. The zero-order chi connectivity index (χ0) is 18.6. The van der Waals surface area contributed by atoms with Crippen molar-refractivity contribution in [2.45, 2.75) is 25.2 Å². The molecule has 1 N–H and O–H groups in total. The molecular formula is C20H26N4O3. The maximum absolute atomic E-state index is 12.4. The second kappa shape index (κ2) is 7.90. The van der Waals surface area contributed by atoms with E-state index in [0.29, 0.717) is 25.7 Å². The molecule has 1 aromatic carbocycles.